The average Bonchev–Trinajstić information content (AvgIpc) is 3.54. The predicted molar refractivity (Wildman–Crippen MR) is 173 cm³/mol. The second-order valence-corrected chi connectivity index (χ2v) is 11.8. The molecule has 1 atom stereocenters. The second-order valence-electron chi connectivity index (χ2n) is 10.8. The topological polar surface area (TPSA) is 68.4 Å². The highest BCUT2D eigenvalue weighted by Gasteiger charge is 2.32. The molecule has 0 spiro atoms. The number of benzene rings is 4. The van der Waals surface area contributed by atoms with Crippen molar-refractivity contribution in [3.8, 4) is 0 Å². The number of halogens is 2. The number of nitrogens with one attached hydrogen (secondary N) is 1. The van der Waals surface area contributed by atoms with Crippen LogP contribution in [-0.4, -0.2) is 15.0 Å². The van der Waals surface area contributed by atoms with Crippen molar-refractivity contribution in [1.29, 1.82) is 0 Å². The summed E-state index contributed by atoms with van der Waals surface area (Å²) in [5, 5.41) is 3.83. The van der Waals surface area contributed by atoms with Crippen molar-refractivity contribution in [1.82, 2.24) is 9.13 Å². The maximum Gasteiger partial charge on any atom is 0.271 e. The molecule has 0 saturated heterocycles. The minimum atomic E-state index is -0.824. The number of carbonyl (C=O) groups excluding carboxylic acids is 1. The summed E-state index contributed by atoms with van der Waals surface area (Å²) >= 11 is 1.22. The summed E-state index contributed by atoms with van der Waals surface area (Å²) in [6.45, 7) is 2.07. The molecule has 6 aromatic rings. The molecule has 1 N–H and O–H groups in total. The number of thiazole rings is 1. The minimum Gasteiger partial charge on any atom is -0.342 e. The molecule has 45 heavy (non-hydrogen) atoms. The Morgan fingerprint density at radius 2 is 1.64 bits per heavy atom. The molecular weight excluding hydrogens is 590 g/mol. The fourth-order valence-corrected chi connectivity index (χ4v) is 6.80. The lowest BCUT2D eigenvalue weighted by Crippen LogP contribution is -2.40. The molecule has 7 rings (SSSR count). The van der Waals surface area contributed by atoms with E-state index in [4.69, 9.17) is 4.99 Å². The number of amides is 1. The lowest BCUT2D eigenvalue weighted by atomic mass is 9.95. The Bertz CT molecular complexity index is 2300. The number of nitrogens with zero attached hydrogens (tertiary/aromatic N) is 3. The van der Waals surface area contributed by atoms with Gasteiger partial charge >= 0.3 is 0 Å². The Kier molecular flexibility index (Phi) is 7.31. The smallest absolute Gasteiger partial charge is 0.271 e. The van der Waals surface area contributed by atoms with Crippen LogP contribution < -0.4 is 20.2 Å². The summed E-state index contributed by atoms with van der Waals surface area (Å²) in [5.41, 5.74) is 3.88. The van der Waals surface area contributed by atoms with Gasteiger partial charge in [0.15, 0.2) is 4.80 Å². The number of hydrogen-bond donors (Lipinski definition) is 1. The molecule has 2 aromatic heterocycles. The summed E-state index contributed by atoms with van der Waals surface area (Å²) in [7, 11) is 0. The van der Waals surface area contributed by atoms with E-state index < -0.39 is 17.8 Å². The van der Waals surface area contributed by atoms with Gasteiger partial charge in [0.25, 0.3) is 11.5 Å². The first-order valence-corrected chi connectivity index (χ1v) is 15.1. The normalized spacial score (nSPS) is 14.8. The summed E-state index contributed by atoms with van der Waals surface area (Å²) < 4.78 is 32.4. The van der Waals surface area contributed by atoms with Crippen LogP contribution in [0.5, 0.6) is 0 Å². The number of para-hydroxylation sites is 2. The van der Waals surface area contributed by atoms with E-state index in [1.54, 1.807) is 49.4 Å². The van der Waals surface area contributed by atoms with Crippen LogP contribution in [0.3, 0.4) is 0 Å². The number of allylic oxidation sites excluding steroid dienone is 1. The van der Waals surface area contributed by atoms with Crippen LogP contribution in [0, 0.1) is 11.6 Å². The average molecular weight is 617 g/mol. The number of aromatic nitrogens is 2. The first-order chi connectivity index (χ1) is 21.9. The van der Waals surface area contributed by atoms with Crippen LogP contribution in [-0.2, 0) is 11.3 Å². The van der Waals surface area contributed by atoms with E-state index in [0.717, 1.165) is 16.5 Å². The highest BCUT2D eigenvalue weighted by Crippen LogP contribution is 2.31. The van der Waals surface area contributed by atoms with Gasteiger partial charge in [-0.3, -0.25) is 14.2 Å². The van der Waals surface area contributed by atoms with Crippen molar-refractivity contribution in [2.24, 2.45) is 4.99 Å². The maximum atomic E-state index is 14.5. The largest absolute Gasteiger partial charge is 0.342 e. The van der Waals surface area contributed by atoms with Crippen LogP contribution in [0.25, 0.3) is 17.0 Å². The fraction of sp³-hybridized carbons (Fsp3) is 0.0833. The van der Waals surface area contributed by atoms with Crippen LogP contribution in [0.15, 0.2) is 130 Å². The molecular formula is C36H26F2N4O2S. The second kappa shape index (κ2) is 11.6. The Balaban J connectivity index is 1.36. The molecule has 9 heteroatoms. The number of carbonyl (C=O) groups is 1. The lowest BCUT2D eigenvalue weighted by molar-refractivity contribution is -0.113. The van der Waals surface area contributed by atoms with Crippen LogP contribution in [0.4, 0.5) is 14.5 Å². The van der Waals surface area contributed by atoms with E-state index in [-0.39, 0.29) is 11.4 Å². The van der Waals surface area contributed by atoms with E-state index in [9.17, 15) is 18.4 Å². The van der Waals surface area contributed by atoms with Crippen molar-refractivity contribution >= 4 is 39.9 Å². The molecule has 0 radical (unpaired) electrons. The van der Waals surface area contributed by atoms with E-state index >= 15 is 0 Å². The number of rotatable bonds is 6. The molecule has 222 valence electrons. The summed E-state index contributed by atoms with van der Waals surface area (Å²) in [6, 6.07) is 28.5. The first-order valence-electron chi connectivity index (χ1n) is 14.3. The molecule has 1 aliphatic rings. The Morgan fingerprint density at radius 1 is 0.933 bits per heavy atom. The zero-order valence-corrected chi connectivity index (χ0v) is 24.9. The third kappa shape index (κ3) is 5.32. The summed E-state index contributed by atoms with van der Waals surface area (Å²) in [4.78, 5) is 33.0. The van der Waals surface area contributed by atoms with E-state index in [0.29, 0.717) is 44.0 Å². The van der Waals surface area contributed by atoms with Gasteiger partial charge in [-0.05, 0) is 55.0 Å². The highest BCUT2D eigenvalue weighted by molar-refractivity contribution is 7.07. The Hall–Kier alpha value is -5.41. The van der Waals surface area contributed by atoms with Crippen molar-refractivity contribution in [3.63, 3.8) is 0 Å². The molecule has 6 nitrogen and oxygen atoms in total. The van der Waals surface area contributed by atoms with Crippen LogP contribution >= 0.6 is 11.3 Å². The summed E-state index contributed by atoms with van der Waals surface area (Å²) in [6.07, 6.45) is 3.73. The first kappa shape index (κ1) is 28.4. The van der Waals surface area contributed by atoms with E-state index in [1.807, 2.05) is 59.3 Å². The SMILES string of the molecule is CC1=C(C(=O)Nc2ccccc2)[C@H](c2ccc(F)cc2)n2c(s/c(=C\c3cn(Cc4ccccc4F)c4ccccc34)c2=O)=N1. The van der Waals surface area contributed by atoms with Crippen molar-refractivity contribution in [2.45, 2.75) is 19.5 Å². The minimum absolute atomic E-state index is 0.284. The summed E-state index contributed by atoms with van der Waals surface area (Å²) in [5.74, 6) is -1.11. The lowest BCUT2D eigenvalue weighted by Gasteiger charge is -2.25. The number of anilines is 1. The third-order valence-electron chi connectivity index (χ3n) is 7.89. The molecule has 0 fully saturated rings. The molecule has 0 saturated carbocycles. The zero-order chi connectivity index (χ0) is 31.1. The van der Waals surface area contributed by atoms with Gasteiger partial charge in [0.2, 0.25) is 0 Å². The van der Waals surface area contributed by atoms with Crippen molar-refractivity contribution in [2.75, 3.05) is 5.32 Å². The molecule has 0 bridgehead atoms. The quantitative estimate of drug-likeness (QED) is 0.244. The predicted octanol–water partition coefficient (Wildman–Crippen LogP) is 6.16. The number of hydrogen-bond acceptors (Lipinski definition) is 4. The fourth-order valence-electron chi connectivity index (χ4n) is 5.76. The standard InChI is InChI=1S/C36H26F2N4O2S/c1-22-32(34(43)40-27-10-3-2-4-11-27)33(23-15-17-26(37)18-16-23)42-35(44)31(45-36(42)39-22)19-25-21-41(30-14-8-6-12-28(25)30)20-24-9-5-7-13-29(24)38/h2-19,21,33H,20H2,1H3,(H,40,43)/b31-19-/t33-/m0/s1. The Labute approximate surface area is 260 Å². The van der Waals surface area contributed by atoms with Gasteiger partial charge in [0.05, 0.1) is 28.4 Å². The molecule has 3 heterocycles. The van der Waals surface area contributed by atoms with Crippen molar-refractivity contribution < 1.29 is 13.6 Å². The van der Waals surface area contributed by atoms with Gasteiger partial charge in [-0.25, -0.2) is 13.8 Å². The van der Waals surface area contributed by atoms with Gasteiger partial charge in [-0.2, -0.15) is 0 Å². The van der Waals surface area contributed by atoms with E-state index in [2.05, 4.69) is 5.32 Å². The van der Waals surface area contributed by atoms with Crippen molar-refractivity contribution in [3.05, 3.63) is 169 Å². The van der Waals surface area contributed by atoms with E-state index in [1.165, 1.54) is 34.1 Å². The molecule has 1 aliphatic heterocycles. The third-order valence-corrected chi connectivity index (χ3v) is 8.87. The molecule has 0 unspecified atom stereocenters. The highest BCUT2D eigenvalue weighted by atomic mass is 32.1. The van der Waals surface area contributed by atoms with Crippen LogP contribution in [0.1, 0.15) is 29.7 Å². The van der Waals surface area contributed by atoms with Crippen LogP contribution in [0.2, 0.25) is 0 Å². The van der Waals surface area contributed by atoms with Gasteiger partial charge in [0.1, 0.15) is 11.6 Å². The van der Waals surface area contributed by atoms with Gasteiger partial charge in [-0.15, -0.1) is 0 Å². The number of fused-ring (bicyclic) bond motifs is 2. The zero-order valence-electron chi connectivity index (χ0n) is 24.1. The monoisotopic (exact) mass is 616 g/mol. The van der Waals surface area contributed by atoms with Gasteiger partial charge in [-0.1, -0.05) is 78.1 Å². The Morgan fingerprint density at radius 3 is 2.42 bits per heavy atom. The molecule has 1 amide bonds. The van der Waals surface area contributed by atoms with Gasteiger partial charge < -0.3 is 9.88 Å². The van der Waals surface area contributed by atoms with Gasteiger partial charge in [0, 0.05) is 33.9 Å². The molecule has 4 aromatic carbocycles. The maximum absolute atomic E-state index is 14.5. The molecule has 0 aliphatic carbocycles.